The van der Waals surface area contributed by atoms with Crippen molar-refractivity contribution in [3.8, 4) is 0 Å². The Morgan fingerprint density at radius 3 is 2.71 bits per heavy atom. The van der Waals surface area contributed by atoms with Crippen LogP contribution in [0.5, 0.6) is 0 Å². The minimum Gasteiger partial charge on any atom is -0.321 e. The maximum Gasteiger partial charge on any atom is 0.416 e. The Morgan fingerprint density at radius 1 is 1.25 bits per heavy atom. The van der Waals surface area contributed by atoms with Crippen molar-refractivity contribution in [2.24, 2.45) is 0 Å². The molecule has 1 aromatic carbocycles. The second-order valence-corrected chi connectivity index (χ2v) is 5.59. The normalized spacial score (nSPS) is 11.7. The van der Waals surface area contributed by atoms with Gasteiger partial charge in [0, 0.05) is 23.0 Å². The Kier molecular flexibility index (Phi) is 3.96. The molecule has 2 heterocycles. The average molecular weight is 354 g/mol. The van der Waals surface area contributed by atoms with Crippen molar-refractivity contribution in [2.45, 2.75) is 13.1 Å². The molecular formula is C16H11ClF3N3O. The molecule has 3 rings (SSSR count). The van der Waals surface area contributed by atoms with Crippen LogP contribution in [-0.4, -0.2) is 15.3 Å². The molecule has 8 heteroatoms. The van der Waals surface area contributed by atoms with Crippen molar-refractivity contribution >= 4 is 28.8 Å². The Labute approximate surface area is 139 Å². The SMILES string of the molecule is Cc1nc2cc(Cl)ccn2c1C(=O)Nc1cccc(C(F)(F)F)c1. The van der Waals surface area contributed by atoms with E-state index in [1.54, 1.807) is 25.3 Å². The third-order valence-electron chi connectivity index (χ3n) is 3.43. The zero-order valence-electron chi connectivity index (χ0n) is 12.4. The fourth-order valence-corrected chi connectivity index (χ4v) is 2.53. The van der Waals surface area contributed by atoms with Gasteiger partial charge in [0.05, 0.1) is 11.3 Å². The Balaban J connectivity index is 1.95. The predicted molar refractivity (Wildman–Crippen MR) is 84.3 cm³/mol. The minimum atomic E-state index is -4.48. The molecule has 0 atom stereocenters. The number of imidazole rings is 1. The summed E-state index contributed by atoms with van der Waals surface area (Å²) in [5.41, 5.74) is 0.384. The maximum absolute atomic E-state index is 12.7. The van der Waals surface area contributed by atoms with Crippen molar-refractivity contribution in [1.29, 1.82) is 0 Å². The maximum atomic E-state index is 12.7. The second kappa shape index (κ2) is 5.83. The number of amides is 1. The zero-order valence-corrected chi connectivity index (χ0v) is 13.1. The standard InChI is InChI=1S/C16H11ClF3N3O/c1-9-14(23-6-5-11(17)8-13(23)21-9)15(24)22-12-4-2-3-10(7-12)16(18,19)20/h2-8H,1H3,(H,22,24). The summed E-state index contributed by atoms with van der Waals surface area (Å²) in [6.07, 6.45) is -2.89. The van der Waals surface area contributed by atoms with E-state index in [0.29, 0.717) is 16.4 Å². The minimum absolute atomic E-state index is 0.0538. The van der Waals surface area contributed by atoms with E-state index in [2.05, 4.69) is 10.3 Å². The largest absolute Gasteiger partial charge is 0.416 e. The summed E-state index contributed by atoms with van der Waals surface area (Å²) in [6, 6.07) is 7.64. The van der Waals surface area contributed by atoms with Gasteiger partial charge in [-0.2, -0.15) is 13.2 Å². The number of aryl methyl sites for hydroxylation is 1. The van der Waals surface area contributed by atoms with E-state index in [1.807, 2.05) is 0 Å². The van der Waals surface area contributed by atoms with Gasteiger partial charge in [0.1, 0.15) is 11.3 Å². The lowest BCUT2D eigenvalue weighted by molar-refractivity contribution is -0.137. The van der Waals surface area contributed by atoms with Crippen LogP contribution in [-0.2, 0) is 6.18 Å². The number of halogens is 4. The number of carbonyl (C=O) groups excluding carboxylic acids is 1. The lowest BCUT2D eigenvalue weighted by atomic mass is 10.2. The van der Waals surface area contributed by atoms with Gasteiger partial charge in [-0.3, -0.25) is 9.20 Å². The summed E-state index contributed by atoms with van der Waals surface area (Å²) in [5, 5.41) is 2.94. The van der Waals surface area contributed by atoms with Crippen LogP contribution in [0.25, 0.3) is 5.65 Å². The molecule has 4 nitrogen and oxygen atoms in total. The molecule has 3 aromatic rings. The highest BCUT2D eigenvalue weighted by atomic mass is 35.5. The molecule has 0 saturated heterocycles. The van der Waals surface area contributed by atoms with E-state index < -0.39 is 17.6 Å². The van der Waals surface area contributed by atoms with Crippen LogP contribution in [0.3, 0.4) is 0 Å². The highest BCUT2D eigenvalue weighted by Crippen LogP contribution is 2.30. The molecule has 0 radical (unpaired) electrons. The fourth-order valence-electron chi connectivity index (χ4n) is 2.37. The highest BCUT2D eigenvalue weighted by Gasteiger charge is 2.30. The molecule has 0 unspecified atom stereocenters. The van der Waals surface area contributed by atoms with Gasteiger partial charge in [-0.15, -0.1) is 0 Å². The Morgan fingerprint density at radius 2 is 2.00 bits per heavy atom. The topological polar surface area (TPSA) is 46.4 Å². The van der Waals surface area contributed by atoms with Gasteiger partial charge >= 0.3 is 6.18 Å². The Hall–Kier alpha value is -2.54. The van der Waals surface area contributed by atoms with E-state index >= 15 is 0 Å². The summed E-state index contributed by atoms with van der Waals surface area (Å²) in [7, 11) is 0. The Bertz CT molecular complexity index is 934. The van der Waals surface area contributed by atoms with Crippen LogP contribution in [0.2, 0.25) is 5.02 Å². The summed E-state index contributed by atoms with van der Waals surface area (Å²) in [4.78, 5) is 16.7. The molecule has 0 aliphatic rings. The van der Waals surface area contributed by atoms with Crippen molar-refractivity contribution in [3.05, 3.63) is 64.6 Å². The quantitative estimate of drug-likeness (QED) is 0.733. The molecule has 0 fully saturated rings. The predicted octanol–water partition coefficient (Wildman–Crippen LogP) is 4.57. The molecule has 1 amide bonds. The van der Waals surface area contributed by atoms with Crippen LogP contribution in [0.1, 0.15) is 21.7 Å². The lowest BCUT2D eigenvalue weighted by Crippen LogP contribution is -2.16. The van der Waals surface area contributed by atoms with E-state index in [-0.39, 0.29) is 11.4 Å². The molecule has 0 aliphatic heterocycles. The van der Waals surface area contributed by atoms with Crippen LogP contribution < -0.4 is 5.32 Å². The van der Waals surface area contributed by atoms with E-state index in [0.717, 1.165) is 12.1 Å². The van der Waals surface area contributed by atoms with Gasteiger partial charge in [0.2, 0.25) is 0 Å². The van der Waals surface area contributed by atoms with Crippen LogP contribution in [0, 0.1) is 6.92 Å². The first-order chi connectivity index (χ1) is 11.3. The van der Waals surface area contributed by atoms with E-state index in [1.165, 1.54) is 16.5 Å². The van der Waals surface area contributed by atoms with Crippen molar-refractivity contribution in [2.75, 3.05) is 5.32 Å². The fraction of sp³-hybridized carbons (Fsp3) is 0.125. The van der Waals surface area contributed by atoms with Gasteiger partial charge in [0.25, 0.3) is 5.91 Å². The van der Waals surface area contributed by atoms with Gasteiger partial charge in [-0.05, 0) is 31.2 Å². The van der Waals surface area contributed by atoms with Crippen molar-refractivity contribution in [1.82, 2.24) is 9.38 Å². The van der Waals surface area contributed by atoms with Crippen molar-refractivity contribution in [3.63, 3.8) is 0 Å². The average Bonchev–Trinajstić information content (AvgIpc) is 2.81. The number of benzene rings is 1. The smallest absolute Gasteiger partial charge is 0.321 e. The third kappa shape index (κ3) is 3.07. The molecule has 0 bridgehead atoms. The number of nitrogens with zero attached hydrogens (tertiary/aromatic N) is 2. The summed E-state index contributed by atoms with van der Waals surface area (Å²) in [6.45, 7) is 1.64. The summed E-state index contributed by atoms with van der Waals surface area (Å²) >= 11 is 5.89. The third-order valence-corrected chi connectivity index (χ3v) is 3.66. The number of carbonyl (C=O) groups is 1. The number of nitrogens with one attached hydrogen (secondary N) is 1. The van der Waals surface area contributed by atoms with Gasteiger partial charge < -0.3 is 5.32 Å². The van der Waals surface area contributed by atoms with Gasteiger partial charge in [0.15, 0.2) is 0 Å². The number of anilines is 1. The number of aromatic nitrogens is 2. The summed E-state index contributed by atoms with van der Waals surface area (Å²) in [5.74, 6) is -0.554. The van der Waals surface area contributed by atoms with Crippen LogP contribution in [0.4, 0.5) is 18.9 Å². The number of pyridine rings is 1. The first-order valence-electron chi connectivity index (χ1n) is 6.88. The highest BCUT2D eigenvalue weighted by molar-refractivity contribution is 6.30. The number of rotatable bonds is 2. The number of alkyl halides is 3. The molecule has 0 saturated carbocycles. The van der Waals surface area contributed by atoms with E-state index in [4.69, 9.17) is 11.6 Å². The van der Waals surface area contributed by atoms with Crippen molar-refractivity contribution < 1.29 is 18.0 Å². The molecule has 2 aromatic heterocycles. The van der Waals surface area contributed by atoms with Crippen LogP contribution >= 0.6 is 11.6 Å². The number of hydrogen-bond donors (Lipinski definition) is 1. The van der Waals surface area contributed by atoms with Gasteiger partial charge in [-0.25, -0.2) is 4.98 Å². The monoisotopic (exact) mass is 353 g/mol. The molecule has 0 spiro atoms. The van der Waals surface area contributed by atoms with Crippen LogP contribution in [0.15, 0.2) is 42.6 Å². The summed E-state index contributed by atoms with van der Waals surface area (Å²) < 4.78 is 39.8. The number of fused-ring (bicyclic) bond motifs is 1. The molecule has 0 aliphatic carbocycles. The molecule has 1 N–H and O–H groups in total. The lowest BCUT2D eigenvalue weighted by Gasteiger charge is -2.10. The molecule has 24 heavy (non-hydrogen) atoms. The second-order valence-electron chi connectivity index (χ2n) is 5.15. The van der Waals surface area contributed by atoms with Gasteiger partial charge in [-0.1, -0.05) is 17.7 Å². The first-order valence-corrected chi connectivity index (χ1v) is 7.26. The zero-order chi connectivity index (χ0) is 17.5. The first kappa shape index (κ1) is 16.3. The number of hydrogen-bond acceptors (Lipinski definition) is 2. The molecule has 124 valence electrons. The van der Waals surface area contributed by atoms with E-state index in [9.17, 15) is 18.0 Å². The molecular weight excluding hydrogens is 343 g/mol.